The summed E-state index contributed by atoms with van der Waals surface area (Å²) in [5, 5.41) is 5.51. The number of hydrogen-bond acceptors (Lipinski definition) is 2. The zero-order valence-corrected chi connectivity index (χ0v) is 13.6. The van der Waals surface area contributed by atoms with E-state index in [4.69, 9.17) is 0 Å². The van der Waals surface area contributed by atoms with Crippen molar-refractivity contribution in [3.05, 3.63) is 71.0 Å². The van der Waals surface area contributed by atoms with Crippen molar-refractivity contribution in [1.82, 2.24) is 15.5 Å². The smallest absolute Gasteiger partial charge is 0.315 e. The maximum absolute atomic E-state index is 13.5. The van der Waals surface area contributed by atoms with Crippen LogP contribution < -0.4 is 10.6 Å². The van der Waals surface area contributed by atoms with Gasteiger partial charge in [0.25, 0.3) is 0 Å². The Morgan fingerprint density at radius 1 is 1.04 bits per heavy atom. The van der Waals surface area contributed by atoms with Crippen molar-refractivity contribution < 1.29 is 9.18 Å². The minimum atomic E-state index is -0.301. The molecule has 2 aromatic rings. The quantitative estimate of drug-likeness (QED) is 0.887. The summed E-state index contributed by atoms with van der Waals surface area (Å²) in [6, 6.07) is 14.7. The molecule has 0 saturated heterocycles. The van der Waals surface area contributed by atoms with Gasteiger partial charge in [0.15, 0.2) is 0 Å². The minimum Gasteiger partial charge on any atom is -0.337 e. The van der Waals surface area contributed by atoms with E-state index in [0.29, 0.717) is 12.1 Å². The standard InChI is InChI=1S/C19H22FN3O/c20-18-8-4-3-6-16(18)13-22-19(24)21-10-12-23-11-9-15-5-1-2-7-17(15)14-23/h1-8H,9-14H2,(H2,21,22,24). The third kappa shape index (κ3) is 4.32. The summed E-state index contributed by atoms with van der Waals surface area (Å²) < 4.78 is 13.5. The molecule has 2 aromatic carbocycles. The molecule has 0 fully saturated rings. The molecule has 1 aliphatic heterocycles. The lowest BCUT2D eigenvalue weighted by molar-refractivity contribution is 0.230. The Kier molecular flexibility index (Phi) is 5.43. The number of nitrogens with zero attached hydrogens (tertiary/aromatic N) is 1. The van der Waals surface area contributed by atoms with Crippen LogP contribution in [0, 0.1) is 5.82 Å². The van der Waals surface area contributed by atoms with E-state index in [-0.39, 0.29) is 18.4 Å². The summed E-state index contributed by atoms with van der Waals surface area (Å²) in [5.74, 6) is -0.301. The average molecular weight is 327 g/mol. The molecule has 0 unspecified atom stereocenters. The van der Waals surface area contributed by atoms with Crippen LogP contribution in [0.4, 0.5) is 9.18 Å². The molecule has 2 amide bonds. The predicted molar refractivity (Wildman–Crippen MR) is 92.1 cm³/mol. The van der Waals surface area contributed by atoms with Crippen molar-refractivity contribution in [2.75, 3.05) is 19.6 Å². The summed E-state index contributed by atoms with van der Waals surface area (Å²) in [7, 11) is 0. The molecule has 4 nitrogen and oxygen atoms in total. The van der Waals surface area contributed by atoms with Crippen molar-refractivity contribution in [2.24, 2.45) is 0 Å². The number of benzene rings is 2. The Bertz CT molecular complexity index is 705. The van der Waals surface area contributed by atoms with E-state index < -0.39 is 0 Å². The van der Waals surface area contributed by atoms with E-state index in [1.54, 1.807) is 18.2 Å². The van der Waals surface area contributed by atoms with E-state index in [0.717, 1.165) is 26.1 Å². The first-order valence-corrected chi connectivity index (χ1v) is 8.26. The fraction of sp³-hybridized carbons (Fsp3) is 0.316. The Hall–Kier alpha value is -2.40. The molecule has 0 atom stereocenters. The predicted octanol–water partition coefficient (Wildman–Crippen LogP) is 2.68. The zero-order chi connectivity index (χ0) is 16.8. The Balaban J connectivity index is 1.38. The number of carbonyl (C=O) groups excluding carboxylic acids is 1. The maximum Gasteiger partial charge on any atom is 0.315 e. The van der Waals surface area contributed by atoms with Crippen LogP contribution in [0.15, 0.2) is 48.5 Å². The van der Waals surface area contributed by atoms with Crippen LogP contribution in [0.3, 0.4) is 0 Å². The summed E-state index contributed by atoms with van der Waals surface area (Å²) in [5.41, 5.74) is 3.28. The molecule has 0 saturated carbocycles. The molecule has 0 aromatic heterocycles. The monoisotopic (exact) mass is 327 g/mol. The van der Waals surface area contributed by atoms with Crippen molar-refractivity contribution in [3.63, 3.8) is 0 Å². The minimum absolute atomic E-state index is 0.190. The normalized spacial score (nSPS) is 14.0. The molecule has 1 aliphatic rings. The fourth-order valence-electron chi connectivity index (χ4n) is 2.95. The first kappa shape index (κ1) is 16.5. The van der Waals surface area contributed by atoms with Gasteiger partial charge in [-0.1, -0.05) is 42.5 Å². The number of hydrogen-bond donors (Lipinski definition) is 2. The summed E-state index contributed by atoms with van der Waals surface area (Å²) >= 11 is 0. The van der Waals surface area contributed by atoms with Crippen LogP contribution in [0.2, 0.25) is 0 Å². The molecule has 0 spiro atoms. The van der Waals surface area contributed by atoms with Gasteiger partial charge < -0.3 is 10.6 Å². The molecule has 2 N–H and O–H groups in total. The highest BCUT2D eigenvalue weighted by Gasteiger charge is 2.15. The highest BCUT2D eigenvalue weighted by molar-refractivity contribution is 5.73. The Morgan fingerprint density at radius 3 is 2.62 bits per heavy atom. The largest absolute Gasteiger partial charge is 0.337 e. The molecule has 3 rings (SSSR count). The molecular weight excluding hydrogens is 305 g/mol. The molecular formula is C19H22FN3O. The van der Waals surface area contributed by atoms with Gasteiger partial charge in [0, 0.05) is 38.3 Å². The highest BCUT2D eigenvalue weighted by Crippen LogP contribution is 2.17. The van der Waals surface area contributed by atoms with Gasteiger partial charge in [-0.2, -0.15) is 0 Å². The average Bonchev–Trinajstić information content (AvgIpc) is 2.61. The molecule has 5 heteroatoms. The van der Waals surface area contributed by atoms with Crippen LogP contribution in [0.1, 0.15) is 16.7 Å². The van der Waals surface area contributed by atoms with E-state index in [9.17, 15) is 9.18 Å². The molecule has 1 heterocycles. The molecule has 126 valence electrons. The number of amides is 2. The second-order valence-corrected chi connectivity index (χ2v) is 6.00. The summed E-state index contributed by atoms with van der Waals surface area (Å²) in [4.78, 5) is 14.1. The number of urea groups is 1. The first-order valence-electron chi connectivity index (χ1n) is 8.26. The van der Waals surface area contributed by atoms with Gasteiger partial charge in [-0.25, -0.2) is 9.18 Å². The van der Waals surface area contributed by atoms with Crippen LogP contribution in [-0.2, 0) is 19.5 Å². The van der Waals surface area contributed by atoms with Crippen LogP contribution in [0.25, 0.3) is 0 Å². The lowest BCUT2D eigenvalue weighted by atomic mass is 10.00. The Labute approximate surface area is 141 Å². The Morgan fingerprint density at radius 2 is 1.79 bits per heavy atom. The van der Waals surface area contributed by atoms with Crippen molar-refractivity contribution in [2.45, 2.75) is 19.5 Å². The number of fused-ring (bicyclic) bond motifs is 1. The summed E-state index contributed by atoms with van der Waals surface area (Å²) in [6.07, 6.45) is 1.05. The molecule has 0 radical (unpaired) electrons. The van der Waals surface area contributed by atoms with E-state index >= 15 is 0 Å². The van der Waals surface area contributed by atoms with Crippen molar-refractivity contribution >= 4 is 6.03 Å². The van der Waals surface area contributed by atoms with Gasteiger partial charge in [0.1, 0.15) is 5.82 Å². The topological polar surface area (TPSA) is 44.4 Å². The van der Waals surface area contributed by atoms with Crippen LogP contribution in [-0.4, -0.2) is 30.6 Å². The highest BCUT2D eigenvalue weighted by atomic mass is 19.1. The van der Waals surface area contributed by atoms with Gasteiger partial charge in [0.2, 0.25) is 0 Å². The van der Waals surface area contributed by atoms with Crippen LogP contribution in [0.5, 0.6) is 0 Å². The third-order valence-corrected chi connectivity index (χ3v) is 4.32. The van der Waals surface area contributed by atoms with Gasteiger partial charge >= 0.3 is 6.03 Å². The lowest BCUT2D eigenvalue weighted by Crippen LogP contribution is -2.41. The summed E-state index contributed by atoms with van der Waals surface area (Å²) in [6.45, 7) is 3.51. The number of rotatable bonds is 5. The fourth-order valence-corrected chi connectivity index (χ4v) is 2.95. The molecule has 0 aliphatic carbocycles. The van der Waals surface area contributed by atoms with Gasteiger partial charge in [-0.05, 0) is 23.6 Å². The van der Waals surface area contributed by atoms with Gasteiger partial charge in [-0.3, -0.25) is 4.90 Å². The van der Waals surface area contributed by atoms with E-state index in [1.807, 2.05) is 0 Å². The molecule has 0 bridgehead atoms. The SMILES string of the molecule is O=C(NCCN1CCc2ccccc2C1)NCc1ccccc1F. The lowest BCUT2D eigenvalue weighted by Gasteiger charge is -2.28. The van der Waals surface area contributed by atoms with Gasteiger partial charge in [-0.15, -0.1) is 0 Å². The maximum atomic E-state index is 13.5. The second-order valence-electron chi connectivity index (χ2n) is 6.00. The van der Waals surface area contributed by atoms with Crippen molar-refractivity contribution in [3.8, 4) is 0 Å². The third-order valence-electron chi connectivity index (χ3n) is 4.32. The van der Waals surface area contributed by atoms with Gasteiger partial charge in [0.05, 0.1) is 0 Å². The number of carbonyl (C=O) groups is 1. The molecule has 24 heavy (non-hydrogen) atoms. The van der Waals surface area contributed by atoms with E-state index in [2.05, 4.69) is 39.8 Å². The zero-order valence-electron chi connectivity index (χ0n) is 13.6. The second kappa shape index (κ2) is 7.93. The number of nitrogens with one attached hydrogen (secondary N) is 2. The van der Waals surface area contributed by atoms with E-state index in [1.165, 1.54) is 17.2 Å². The van der Waals surface area contributed by atoms with Crippen LogP contribution >= 0.6 is 0 Å². The first-order chi connectivity index (χ1) is 11.7. The van der Waals surface area contributed by atoms with Crippen molar-refractivity contribution in [1.29, 1.82) is 0 Å². The number of halogens is 1.